The number of ketones is 1. The molecule has 4 aliphatic rings. The van der Waals surface area contributed by atoms with E-state index in [9.17, 15) is 15.0 Å². The van der Waals surface area contributed by atoms with Crippen LogP contribution in [-0.2, 0) is 19.4 Å². The molecule has 1 heterocycles. The monoisotopic (exact) mass is 563 g/mol. The number of fused-ring (bicyclic) bond motifs is 9. The third-order valence-corrected chi connectivity index (χ3v) is 10.6. The SMILES string of the molecule is CC1=CCC[C@@]2(C)[C@@H](CC[C@@]2(O)CN2CCc3ccccc3C2)c2ccc(cc2C(=O)c2ccccc2)C[C@@H](O)CC1. The number of carbonyl (C=O) groups excluding carboxylic acids is 1. The lowest BCUT2D eigenvalue weighted by Crippen LogP contribution is -2.53. The molecule has 0 radical (unpaired) electrons. The van der Waals surface area contributed by atoms with Crippen LogP contribution in [0.2, 0.25) is 0 Å². The summed E-state index contributed by atoms with van der Waals surface area (Å²) in [5, 5.41) is 23.5. The number of β-amino-alcohol motifs (C(OH)–C–C–N with tert-alkyl or cyclic N) is 1. The smallest absolute Gasteiger partial charge is 0.193 e. The molecule has 1 aliphatic heterocycles. The zero-order valence-corrected chi connectivity index (χ0v) is 25.2. The van der Waals surface area contributed by atoms with E-state index < -0.39 is 17.1 Å². The van der Waals surface area contributed by atoms with Gasteiger partial charge in [-0.05, 0) is 92.5 Å². The summed E-state index contributed by atoms with van der Waals surface area (Å²) in [7, 11) is 0. The Labute approximate surface area is 251 Å². The molecular weight excluding hydrogens is 518 g/mol. The Morgan fingerprint density at radius 2 is 1.71 bits per heavy atom. The molecule has 4 nitrogen and oxygen atoms in total. The lowest BCUT2D eigenvalue weighted by Gasteiger charge is -2.47. The molecule has 3 aromatic rings. The first-order valence-corrected chi connectivity index (χ1v) is 15.8. The summed E-state index contributed by atoms with van der Waals surface area (Å²) >= 11 is 0. The highest BCUT2D eigenvalue weighted by Gasteiger charge is 2.57. The average molecular weight is 564 g/mol. The van der Waals surface area contributed by atoms with E-state index in [1.54, 1.807) is 0 Å². The van der Waals surface area contributed by atoms with Crippen molar-refractivity contribution in [2.24, 2.45) is 5.41 Å². The first-order valence-electron chi connectivity index (χ1n) is 15.8. The second kappa shape index (κ2) is 11.9. The van der Waals surface area contributed by atoms with E-state index in [-0.39, 0.29) is 11.7 Å². The first-order chi connectivity index (χ1) is 20.3. The molecule has 220 valence electrons. The van der Waals surface area contributed by atoms with Crippen LogP contribution in [0.5, 0.6) is 0 Å². The van der Waals surface area contributed by atoms with Crippen LogP contribution in [0.1, 0.15) is 96.5 Å². The van der Waals surface area contributed by atoms with Crippen molar-refractivity contribution in [1.82, 2.24) is 4.90 Å². The summed E-state index contributed by atoms with van der Waals surface area (Å²) < 4.78 is 0. The van der Waals surface area contributed by atoms with Crippen molar-refractivity contribution >= 4 is 5.78 Å². The Bertz CT molecular complexity index is 1460. The van der Waals surface area contributed by atoms with Gasteiger partial charge in [0.05, 0.1) is 11.7 Å². The zero-order valence-electron chi connectivity index (χ0n) is 25.2. The van der Waals surface area contributed by atoms with Crippen molar-refractivity contribution in [1.29, 1.82) is 0 Å². The zero-order chi connectivity index (χ0) is 29.3. The van der Waals surface area contributed by atoms with Gasteiger partial charge in [-0.1, -0.05) is 85.3 Å². The molecule has 42 heavy (non-hydrogen) atoms. The van der Waals surface area contributed by atoms with E-state index in [4.69, 9.17) is 0 Å². The number of aliphatic hydroxyl groups is 2. The van der Waals surface area contributed by atoms with Crippen LogP contribution in [0.3, 0.4) is 0 Å². The third-order valence-electron chi connectivity index (χ3n) is 10.6. The van der Waals surface area contributed by atoms with Crippen molar-refractivity contribution in [2.45, 2.75) is 89.4 Å². The fourth-order valence-corrected chi connectivity index (χ4v) is 8.00. The molecule has 0 unspecified atom stereocenters. The average Bonchev–Trinajstić information content (AvgIpc) is 3.25. The first kappa shape index (κ1) is 29.0. The number of hydrogen-bond donors (Lipinski definition) is 2. The van der Waals surface area contributed by atoms with Crippen molar-refractivity contribution < 1.29 is 15.0 Å². The van der Waals surface area contributed by atoms with E-state index in [1.165, 1.54) is 16.7 Å². The van der Waals surface area contributed by atoms with Gasteiger partial charge in [0.15, 0.2) is 5.78 Å². The minimum absolute atomic E-state index is 0.0233. The molecule has 3 aromatic carbocycles. The van der Waals surface area contributed by atoms with Crippen LogP contribution < -0.4 is 0 Å². The quantitative estimate of drug-likeness (QED) is 0.265. The van der Waals surface area contributed by atoms with Crippen LogP contribution in [0, 0.1) is 5.41 Å². The summed E-state index contributed by atoms with van der Waals surface area (Å²) in [6, 6.07) is 24.5. The highest BCUT2D eigenvalue weighted by Crippen LogP contribution is 2.59. The standard InChI is InChI=1S/C38H45NO3/c1-27-9-8-20-37(2)35(18-21-38(37,42)26-39-22-19-29-10-6-7-13-31(29)25-39)33-17-15-28(23-32(40)16-14-27)24-34(33)36(41)30-11-4-3-5-12-30/h3-7,9-13,15,17,24,32,35,40,42H,8,14,16,18-23,25-26H2,1-2H3/t32-,35-,37-,38+/m0/s1. The molecule has 0 amide bonds. The van der Waals surface area contributed by atoms with Crippen LogP contribution in [-0.4, -0.2) is 45.7 Å². The molecular formula is C38H45NO3. The fraction of sp³-hybridized carbons (Fsp3) is 0.447. The van der Waals surface area contributed by atoms with Crippen LogP contribution in [0.15, 0.2) is 84.4 Å². The largest absolute Gasteiger partial charge is 0.393 e. The van der Waals surface area contributed by atoms with E-state index >= 15 is 0 Å². The molecule has 1 saturated carbocycles. The molecule has 3 aliphatic carbocycles. The van der Waals surface area contributed by atoms with Gasteiger partial charge >= 0.3 is 0 Å². The van der Waals surface area contributed by atoms with E-state index in [1.807, 2.05) is 36.4 Å². The number of benzene rings is 3. The number of allylic oxidation sites excluding steroid dienone is 2. The Hall–Kier alpha value is -3.05. The molecule has 1 fully saturated rings. The van der Waals surface area contributed by atoms with Gasteiger partial charge in [0.25, 0.3) is 0 Å². The van der Waals surface area contributed by atoms with Gasteiger partial charge in [0.1, 0.15) is 0 Å². The molecule has 4 heteroatoms. The maximum Gasteiger partial charge on any atom is 0.193 e. The molecule has 4 atom stereocenters. The number of carbonyl (C=O) groups is 1. The summed E-state index contributed by atoms with van der Waals surface area (Å²) in [6.07, 6.45) is 8.25. The van der Waals surface area contributed by atoms with Gasteiger partial charge in [-0.2, -0.15) is 0 Å². The van der Waals surface area contributed by atoms with Gasteiger partial charge in [-0.3, -0.25) is 9.69 Å². The van der Waals surface area contributed by atoms with Crippen molar-refractivity contribution in [3.05, 3.63) is 118 Å². The maximum absolute atomic E-state index is 14.1. The number of hydrogen-bond acceptors (Lipinski definition) is 4. The highest BCUT2D eigenvalue weighted by molar-refractivity contribution is 6.10. The summed E-state index contributed by atoms with van der Waals surface area (Å²) in [5.41, 5.74) is 6.25. The van der Waals surface area contributed by atoms with Gasteiger partial charge in [-0.25, -0.2) is 0 Å². The van der Waals surface area contributed by atoms with E-state index in [0.29, 0.717) is 31.4 Å². The summed E-state index contributed by atoms with van der Waals surface area (Å²) in [4.78, 5) is 16.5. The Morgan fingerprint density at radius 3 is 2.52 bits per heavy atom. The fourth-order valence-electron chi connectivity index (χ4n) is 8.00. The second-order valence-electron chi connectivity index (χ2n) is 13.4. The van der Waals surface area contributed by atoms with Gasteiger partial charge < -0.3 is 10.2 Å². The molecule has 2 bridgehead atoms. The van der Waals surface area contributed by atoms with Crippen molar-refractivity contribution in [3.8, 4) is 0 Å². The molecule has 0 spiro atoms. The second-order valence-corrected chi connectivity index (χ2v) is 13.4. The highest BCUT2D eigenvalue weighted by atomic mass is 16.3. The van der Waals surface area contributed by atoms with Crippen molar-refractivity contribution in [2.75, 3.05) is 13.1 Å². The Balaban J connectivity index is 1.40. The minimum Gasteiger partial charge on any atom is -0.393 e. The van der Waals surface area contributed by atoms with E-state index in [2.05, 4.69) is 61.2 Å². The normalized spacial score (nSPS) is 28.4. The molecule has 2 N–H and O–H groups in total. The Kier molecular flexibility index (Phi) is 8.24. The van der Waals surface area contributed by atoms with Crippen LogP contribution >= 0.6 is 0 Å². The summed E-state index contributed by atoms with van der Waals surface area (Å²) in [6.45, 7) is 6.91. The predicted molar refractivity (Wildman–Crippen MR) is 169 cm³/mol. The Morgan fingerprint density at radius 1 is 0.952 bits per heavy atom. The van der Waals surface area contributed by atoms with E-state index in [0.717, 1.165) is 61.9 Å². The third kappa shape index (κ3) is 5.65. The number of nitrogens with zero attached hydrogens (tertiary/aromatic N) is 1. The van der Waals surface area contributed by atoms with Crippen LogP contribution in [0.25, 0.3) is 0 Å². The van der Waals surface area contributed by atoms with Crippen molar-refractivity contribution in [3.63, 3.8) is 0 Å². The molecule has 0 saturated heterocycles. The predicted octanol–water partition coefficient (Wildman–Crippen LogP) is 7.01. The molecule has 0 aromatic heterocycles. The van der Waals surface area contributed by atoms with Gasteiger partial charge in [-0.15, -0.1) is 0 Å². The van der Waals surface area contributed by atoms with Gasteiger partial charge in [0, 0.05) is 36.2 Å². The maximum atomic E-state index is 14.1. The minimum atomic E-state index is -0.870. The summed E-state index contributed by atoms with van der Waals surface area (Å²) in [5.74, 6) is 0.0769. The molecule has 7 rings (SSSR count). The lowest BCUT2D eigenvalue weighted by atomic mass is 9.64. The van der Waals surface area contributed by atoms with Crippen LogP contribution in [0.4, 0.5) is 0 Å². The number of aliphatic hydroxyl groups excluding tert-OH is 1. The van der Waals surface area contributed by atoms with Gasteiger partial charge in [0.2, 0.25) is 0 Å². The topological polar surface area (TPSA) is 60.8 Å². The number of rotatable bonds is 4. The lowest BCUT2D eigenvalue weighted by molar-refractivity contribution is -0.0856.